The molecule has 0 spiro atoms. The Morgan fingerprint density at radius 3 is 2.32 bits per heavy atom. The molecular weight excluding hydrogens is 236 g/mol. The predicted octanol–water partition coefficient (Wildman–Crippen LogP) is 3.15. The molecule has 0 radical (unpaired) electrons. The molecule has 0 aromatic carbocycles. The molecule has 0 bridgehead atoms. The highest BCUT2D eigenvalue weighted by Gasteiger charge is 2.19. The molecule has 1 atom stereocenters. The normalized spacial score (nSPS) is 18.6. The second-order valence-corrected chi connectivity index (χ2v) is 6.52. The van der Waals surface area contributed by atoms with Gasteiger partial charge in [0.05, 0.1) is 6.54 Å². The minimum Gasteiger partial charge on any atom is -0.342 e. The Hall–Kier alpha value is -0.570. The van der Waals surface area contributed by atoms with Gasteiger partial charge < -0.3 is 4.90 Å². The molecule has 0 saturated carbocycles. The lowest BCUT2D eigenvalue weighted by Crippen LogP contribution is -2.43. The van der Waals surface area contributed by atoms with Gasteiger partial charge in [-0.1, -0.05) is 33.1 Å². The lowest BCUT2D eigenvalue weighted by Gasteiger charge is -2.30. The topological polar surface area (TPSA) is 23.6 Å². The standard InChI is InChI=1S/C16H32N2O/c1-14(2)9-8-10-15(3)17(4)16(19)13-18-11-6-5-7-12-18/h14-15H,5-13H2,1-4H3/t15-/m0/s1. The molecule has 0 aliphatic carbocycles. The summed E-state index contributed by atoms with van der Waals surface area (Å²) in [5.41, 5.74) is 0. The third-order valence-electron chi connectivity index (χ3n) is 4.27. The Balaban J connectivity index is 2.25. The SMILES string of the molecule is CC(C)CCC[C@H](C)N(C)C(=O)CN1CCCCC1. The smallest absolute Gasteiger partial charge is 0.236 e. The number of likely N-dealkylation sites (N-methyl/N-ethyl adjacent to an activating group) is 1. The molecule has 0 N–H and O–H groups in total. The van der Waals surface area contributed by atoms with Gasteiger partial charge in [-0.15, -0.1) is 0 Å². The molecule has 3 nitrogen and oxygen atoms in total. The summed E-state index contributed by atoms with van der Waals surface area (Å²) in [6.07, 6.45) is 7.44. The zero-order valence-corrected chi connectivity index (χ0v) is 13.3. The summed E-state index contributed by atoms with van der Waals surface area (Å²) < 4.78 is 0. The molecular formula is C16H32N2O. The van der Waals surface area contributed by atoms with Crippen LogP contribution in [0, 0.1) is 5.92 Å². The fraction of sp³-hybridized carbons (Fsp3) is 0.938. The monoisotopic (exact) mass is 268 g/mol. The highest BCUT2D eigenvalue weighted by Crippen LogP contribution is 2.13. The number of nitrogens with zero attached hydrogens (tertiary/aromatic N) is 2. The fourth-order valence-electron chi connectivity index (χ4n) is 2.68. The number of carbonyl (C=O) groups is 1. The van der Waals surface area contributed by atoms with Gasteiger partial charge in [0, 0.05) is 13.1 Å². The van der Waals surface area contributed by atoms with Gasteiger partial charge in [0.25, 0.3) is 0 Å². The Labute approximate surface area is 119 Å². The third-order valence-corrected chi connectivity index (χ3v) is 4.27. The van der Waals surface area contributed by atoms with Gasteiger partial charge in [-0.3, -0.25) is 9.69 Å². The average molecular weight is 268 g/mol. The van der Waals surface area contributed by atoms with Crippen molar-refractivity contribution in [3.63, 3.8) is 0 Å². The number of carbonyl (C=O) groups excluding carboxylic acids is 1. The van der Waals surface area contributed by atoms with E-state index < -0.39 is 0 Å². The maximum atomic E-state index is 12.2. The predicted molar refractivity (Wildman–Crippen MR) is 81.2 cm³/mol. The number of amides is 1. The fourth-order valence-corrected chi connectivity index (χ4v) is 2.68. The van der Waals surface area contributed by atoms with Gasteiger partial charge in [-0.25, -0.2) is 0 Å². The Bertz CT molecular complexity index is 259. The van der Waals surface area contributed by atoms with E-state index in [9.17, 15) is 4.79 Å². The second kappa shape index (κ2) is 8.57. The van der Waals surface area contributed by atoms with Gasteiger partial charge in [0.2, 0.25) is 5.91 Å². The first kappa shape index (κ1) is 16.5. The molecule has 112 valence electrons. The van der Waals surface area contributed by atoms with Crippen molar-refractivity contribution in [2.24, 2.45) is 5.92 Å². The van der Waals surface area contributed by atoms with Crippen LogP contribution in [0.5, 0.6) is 0 Å². The van der Waals surface area contributed by atoms with Crippen LogP contribution >= 0.6 is 0 Å². The van der Waals surface area contributed by atoms with Crippen molar-refractivity contribution in [3.05, 3.63) is 0 Å². The molecule has 1 heterocycles. The van der Waals surface area contributed by atoms with Crippen LogP contribution < -0.4 is 0 Å². The molecule has 0 aromatic heterocycles. The number of rotatable bonds is 7. The van der Waals surface area contributed by atoms with Crippen LogP contribution in [0.2, 0.25) is 0 Å². The lowest BCUT2D eigenvalue weighted by molar-refractivity contribution is -0.133. The van der Waals surface area contributed by atoms with E-state index in [0.717, 1.165) is 25.4 Å². The quantitative estimate of drug-likeness (QED) is 0.708. The van der Waals surface area contributed by atoms with Crippen molar-refractivity contribution < 1.29 is 4.79 Å². The lowest BCUT2D eigenvalue weighted by atomic mass is 10.0. The molecule has 1 fully saturated rings. The van der Waals surface area contributed by atoms with Crippen molar-refractivity contribution in [1.82, 2.24) is 9.80 Å². The summed E-state index contributed by atoms with van der Waals surface area (Å²) in [5.74, 6) is 1.06. The van der Waals surface area contributed by atoms with Crippen molar-refractivity contribution in [2.75, 3.05) is 26.7 Å². The molecule has 3 heteroatoms. The summed E-state index contributed by atoms with van der Waals surface area (Å²) in [6.45, 7) is 9.51. The van der Waals surface area contributed by atoms with Crippen LogP contribution in [-0.4, -0.2) is 48.4 Å². The Morgan fingerprint density at radius 2 is 1.74 bits per heavy atom. The molecule has 1 saturated heterocycles. The largest absolute Gasteiger partial charge is 0.342 e. The third kappa shape index (κ3) is 6.42. The van der Waals surface area contributed by atoms with Crippen molar-refractivity contribution >= 4 is 5.91 Å². The number of piperidine rings is 1. The van der Waals surface area contributed by atoms with Gasteiger partial charge >= 0.3 is 0 Å². The summed E-state index contributed by atoms with van der Waals surface area (Å²) in [6, 6.07) is 0.371. The first-order valence-electron chi connectivity index (χ1n) is 7.98. The second-order valence-electron chi connectivity index (χ2n) is 6.52. The number of hydrogen-bond acceptors (Lipinski definition) is 2. The van der Waals surface area contributed by atoms with E-state index in [4.69, 9.17) is 0 Å². The maximum Gasteiger partial charge on any atom is 0.236 e. The van der Waals surface area contributed by atoms with E-state index in [1.165, 1.54) is 32.1 Å². The molecule has 1 rings (SSSR count). The molecule has 0 aromatic rings. The van der Waals surface area contributed by atoms with Gasteiger partial charge in [-0.05, 0) is 45.2 Å². The van der Waals surface area contributed by atoms with Crippen molar-refractivity contribution in [2.45, 2.75) is 65.3 Å². The van der Waals surface area contributed by atoms with E-state index in [2.05, 4.69) is 25.7 Å². The first-order valence-corrected chi connectivity index (χ1v) is 7.98. The molecule has 1 amide bonds. The maximum absolute atomic E-state index is 12.2. The van der Waals surface area contributed by atoms with E-state index in [1.807, 2.05) is 11.9 Å². The van der Waals surface area contributed by atoms with E-state index in [1.54, 1.807) is 0 Å². The minimum absolute atomic E-state index is 0.291. The van der Waals surface area contributed by atoms with Gasteiger partial charge in [0.15, 0.2) is 0 Å². The highest BCUT2D eigenvalue weighted by atomic mass is 16.2. The van der Waals surface area contributed by atoms with E-state index in [0.29, 0.717) is 18.5 Å². The summed E-state index contributed by atoms with van der Waals surface area (Å²) in [4.78, 5) is 16.5. The number of likely N-dealkylation sites (tertiary alicyclic amines) is 1. The van der Waals surface area contributed by atoms with Gasteiger partial charge in [0.1, 0.15) is 0 Å². The van der Waals surface area contributed by atoms with Crippen LogP contribution in [0.1, 0.15) is 59.3 Å². The van der Waals surface area contributed by atoms with Gasteiger partial charge in [-0.2, -0.15) is 0 Å². The zero-order chi connectivity index (χ0) is 14.3. The van der Waals surface area contributed by atoms with Crippen molar-refractivity contribution in [3.8, 4) is 0 Å². The first-order chi connectivity index (χ1) is 9.00. The minimum atomic E-state index is 0.291. The summed E-state index contributed by atoms with van der Waals surface area (Å²) in [7, 11) is 1.96. The molecule has 1 aliphatic rings. The van der Waals surface area contributed by atoms with E-state index in [-0.39, 0.29) is 0 Å². The zero-order valence-electron chi connectivity index (χ0n) is 13.3. The summed E-state index contributed by atoms with van der Waals surface area (Å²) in [5, 5.41) is 0. The van der Waals surface area contributed by atoms with Crippen LogP contribution in [0.15, 0.2) is 0 Å². The average Bonchev–Trinajstić information content (AvgIpc) is 2.38. The Kier molecular flexibility index (Phi) is 7.44. The van der Waals surface area contributed by atoms with Crippen LogP contribution in [0.25, 0.3) is 0 Å². The van der Waals surface area contributed by atoms with Crippen molar-refractivity contribution in [1.29, 1.82) is 0 Å². The van der Waals surface area contributed by atoms with Crippen LogP contribution in [0.3, 0.4) is 0 Å². The molecule has 0 unspecified atom stereocenters. The molecule has 1 aliphatic heterocycles. The number of hydrogen-bond donors (Lipinski definition) is 0. The molecule has 19 heavy (non-hydrogen) atoms. The summed E-state index contributed by atoms with van der Waals surface area (Å²) >= 11 is 0. The van der Waals surface area contributed by atoms with E-state index >= 15 is 0 Å². The Morgan fingerprint density at radius 1 is 1.11 bits per heavy atom. The van der Waals surface area contributed by atoms with Crippen LogP contribution in [-0.2, 0) is 4.79 Å². The highest BCUT2D eigenvalue weighted by molar-refractivity contribution is 5.78. The van der Waals surface area contributed by atoms with Crippen LogP contribution in [0.4, 0.5) is 0 Å².